The Balaban J connectivity index is 2.48. The molecule has 0 aliphatic carbocycles. The van der Waals surface area contributed by atoms with Gasteiger partial charge in [0.25, 0.3) is 0 Å². The topological polar surface area (TPSA) is 51.1 Å². The fourth-order valence-corrected chi connectivity index (χ4v) is 1.60. The molecule has 0 aliphatic heterocycles. The van der Waals surface area contributed by atoms with Gasteiger partial charge in [0, 0.05) is 18.2 Å². The molecule has 0 radical (unpaired) electrons. The maximum atomic E-state index is 13.2. The number of ether oxygens (including phenoxy) is 2. The van der Waals surface area contributed by atoms with Crippen LogP contribution in [-0.2, 0) is 4.74 Å². The number of oxime groups is 1. The van der Waals surface area contributed by atoms with E-state index in [9.17, 15) is 4.39 Å². The van der Waals surface area contributed by atoms with E-state index in [-0.39, 0.29) is 0 Å². The molecule has 1 rings (SSSR count). The summed E-state index contributed by atoms with van der Waals surface area (Å²) in [7, 11) is 0. The Labute approximate surface area is 119 Å². The third-order valence-corrected chi connectivity index (χ3v) is 2.81. The highest BCUT2D eigenvalue weighted by Gasteiger charge is 2.09. The van der Waals surface area contributed by atoms with E-state index in [1.165, 1.54) is 18.2 Å². The van der Waals surface area contributed by atoms with Crippen molar-refractivity contribution in [2.24, 2.45) is 11.1 Å². The van der Waals surface area contributed by atoms with Gasteiger partial charge in [0.05, 0.1) is 12.3 Å². The SMILES string of the molecule is CC(=NO)c1ccc(F)cc1OCCOCCC(C)C. The Morgan fingerprint density at radius 2 is 2.05 bits per heavy atom. The van der Waals surface area contributed by atoms with Crippen molar-refractivity contribution in [2.75, 3.05) is 19.8 Å². The van der Waals surface area contributed by atoms with Crippen molar-refractivity contribution in [1.82, 2.24) is 0 Å². The van der Waals surface area contributed by atoms with Crippen molar-refractivity contribution >= 4 is 5.71 Å². The second-order valence-electron chi connectivity index (χ2n) is 4.97. The van der Waals surface area contributed by atoms with Crippen LogP contribution in [0.3, 0.4) is 0 Å². The van der Waals surface area contributed by atoms with Gasteiger partial charge in [0.15, 0.2) is 0 Å². The zero-order valence-corrected chi connectivity index (χ0v) is 12.2. The lowest BCUT2D eigenvalue weighted by molar-refractivity contribution is 0.0924. The van der Waals surface area contributed by atoms with Gasteiger partial charge >= 0.3 is 0 Å². The third kappa shape index (κ3) is 5.57. The molecule has 0 aromatic heterocycles. The van der Waals surface area contributed by atoms with E-state index in [2.05, 4.69) is 19.0 Å². The van der Waals surface area contributed by atoms with Crippen LogP contribution in [0.4, 0.5) is 4.39 Å². The maximum Gasteiger partial charge on any atom is 0.131 e. The molecule has 0 saturated carbocycles. The number of rotatable bonds is 8. The highest BCUT2D eigenvalue weighted by molar-refractivity contribution is 6.00. The highest BCUT2D eigenvalue weighted by atomic mass is 19.1. The standard InChI is InChI=1S/C15H22FNO3/c1-11(2)6-7-19-8-9-20-15-10-13(16)4-5-14(15)12(3)17-18/h4-5,10-11,18H,6-9H2,1-3H3. The molecule has 20 heavy (non-hydrogen) atoms. The summed E-state index contributed by atoms with van der Waals surface area (Å²) in [5, 5.41) is 11.9. The van der Waals surface area contributed by atoms with Crippen LogP contribution < -0.4 is 4.74 Å². The number of halogens is 1. The zero-order chi connectivity index (χ0) is 15.0. The predicted octanol–water partition coefficient (Wildman–Crippen LogP) is 3.47. The first-order valence-electron chi connectivity index (χ1n) is 6.73. The molecule has 1 aromatic rings. The summed E-state index contributed by atoms with van der Waals surface area (Å²) < 4.78 is 24.1. The van der Waals surface area contributed by atoms with E-state index < -0.39 is 5.82 Å². The monoisotopic (exact) mass is 283 g/mol. The van der Waals surface area contributed by atoms with Crippen LogP contribution in [0.5, 0.6) is 5.75 Å². The molecule has 0 unspecified atom stereocenters. The van der Waals surface area contributed by atoms with Crippen molar-refractivity contribution < 1.29 is 19.1 Å². The molecule has 0 amide bonds. The second-order valence-corrected chi connectivity index (χ2v) is 4.97. The van der Waals surface area contributed by atoms with Crippen LogP contribution in [0.1, 0.15) is 32.8 Å². The zero-order valence-electron chi connectivity index (χ0n) is 12.2. The molecule has 0 spiro atoms. The minimum absolute atomic E-state index is 0.327. The molecular weight excluding hydrogens is 261 g/mol. The van der Waals surface area contributed by atoms with Gasteiger partial charge < -0.3 is 14.7 Å². The lowest BCUT2D eigenvalue weighted by Gasteiger charge is -2.11. The van der Waals surface area contributed by atoms with Gasteiger partial charge in [-0.1, -0.05) is 19.0 Å². The molecule has 4 nitrogen and oxygen atoms in total. The Kier molecular flexibility index (Phi) is 7.01. The Morgan fingerprint density at radius 3 is 2.70 bits per heavy atom. The lowest BCUT2D eigenvalue weighted by atomic mass is 10.1. The van der Waals surface area contributed by atoms with E-state index in [0.29, 0.717) is 42.8 Å². The maximum absolute atomic E-state index is 13.2. The molecule has 1 aromatic carbocycles. The van der Waals surface area contributed by atoms with Gasteiger partial charge in [-0.25, -0.2) is 4.39 Å². The molecular formula is C15H22FNO3. The summed E-state index contributed by atoms with van der Waals surface area (Å²) in [6.45, 7) is 7.35. The quantitative estimate of drug-likeness (QED) is 0.344. The molecule has 112 valence electrons. The molecule has 0 atom stereocenters. The van der Waals surface area contributed by atoms with Crippen molar-refractivity contribution in [3.05, 3.63) is 29.6 Å². The number of hydrogen-bond acceptors (Lipinski definition) is 4. The summed E-state index contributed by atoms with van der Waals surface area (Å²) in [6, 6.07) is 4.10. The van der Waals surface area contributed by atoms with Crippen LogP contribution in [0.15, 0.2) is 23.4 Å². The fraction of sp³-hybridized carbons (Fsp3) is 0.533. The first kappa shape index (κ1) is 16.4. The van der Waals surface area contributed by atoms with Gasteiger partial charge in [0.1, 0.15) is 18.2 Å². The molecule has 5 heteroatoms. The van der Waals surface area contributed by atoms with Crippen molar-refractivity contribution in [2.45, 2.75) is 27.2 Å². The van der Waals surface area contributed by atoms with Gasteiger partial charge in [-0.3, -0.25) is 0 Å². The largest absolute Gasteiger partial charge is 0.490 e. The van der Waals surface area contributed by atoms with Crippen LogP contribution in [0.25, 0.3) is 0 Å². The van der Waals surface area contributed by atoms with Gasteiger partial charge in [0.2, 0.25) is 0 Å². The lowest BCUT2D eigenvalue weighted by Crippen LogP contribution is -2.10. The third-order valence-electron chi connectivity index (χ3n) is 2.81. The molecule has 0 aliphatic rings. The number of nitrogens with zero attached hydrogens (tertiary/aromatic N) is 1. The predicted molar refractivity (Wildman–Crippen MR) is 76.2 cm³/mol. The normalized spacial score (nSPS) is 11.9. The first-order valence-corrected chi connectivity index (χ1v) is 6.73. The highest BCUT2D eigenvalue weighted by Crippen LogP contribution is 2.20. The smallest absolute Gasteiger partial charge is 0.131 e. The average Bonchev–Trinajstić information content (AvgIpc) is 2.41. The first-order chi connectivity index (χ1) is 9.54. The van der Waals surface area contributed by atoms with Gasteiger partial charge in [-0.05, 0) is 31.4 Å². The van der Waals surface area contributed by atoms with Crippen LogP contribution >= 0.6 is 0 Å². The summed E-state index contributed by atoms with van der Waals surface area (Å²) in [6.07, 6.45) is 1.00. The van der Waals surface area contributed by atoms with Crippen molar-refractivity contribution in [1.29, 1.82) is 0 Å². The molecule has 0 fully saturated rings. The Morgan fingerprint density at radius 1 is 1.30 bits per heavy atom. The van der Waals surface area contributed by atoms with Crippen LogP contribution in [0.2, 0.25) is 0 Å². The van der Waals surface area contributed by atoms with Crippen molar-refractivity contribution in [3.8, 4) is 5.75 Å². The van der Waals surface area contributed by atoms with E-state index in [1.54, 1.807) is 6.92 Å². The Hall–Kier alpha value is -1.62. The van der Waals surface area contributed by atoms with Crippen LogP contribution in [-0.4, -0.2) is 30.7 Å². The van der Waals surface area contributed by atoms with E-state index in [4.69, 9.17) is 14.7 Å². The average molecular weight is 283 g/mol. The minimum Gasteiger partial charge on any atom is -0.490 e. The van der Waals surface area contributed by atoms with E-state index in [0.717, 1.165) is 6.42 Å². The van der Waals surface area contributed by atoms with Gasteiger partial charge in [-0.2, -0.15) is 0 Å². The van der Waals surface area contributed by atoms with Crippen molar-refractivity contribution in [3.63, 3.8) is 0 Å². The molecule has 1 N–H and O–H groups in total. The minimum atomic E-state index is -0.393. The van der Waals surface area contributed by atoms with E-state index >= 15 is 0 Å². The summed E-state index contributed by atoms with van der Waals surface area (Å²) in [5.41, 5.74) is 0.941. The molecule has 0 heterocycles. The van der Waals surface area contributed by atoms with Gasteiger partial charge in [-0.15, -0.1) is 0 Å². The summed E-state index contributed by atoms with van der Waals surface area (Å²) in [4.78, 5) is 0. The molecule has 0 bridgehead atoms. The second kappa shape index (κ2) is 8.53. The summed E-state index contributed by atoms with van der Waals surface area (Å²) >= 11 is 0. The number of hydrogen-bond donors (Lipinski definition) is 1. The van der Waals surface area contributed by atoms with Crippen LogP contribution in [0, 0.1) is 11.7 Å². The fourth-order valence-electron chi connectivity index (χ4n) is 1.60. The molecule has 0 saturated heterocycles. The summed E-state index contributed by atoms with van der Waals surface area (Å²) in [5.74, 6) is 0.567. The number of benzene rings is 1. The Bertz CT molecular complexity index is 447. The van der Waals surface area contributed by atoms with E-state index in [1.807, 2.05) is 0 Å².